The van der Waals surface area contributed by atoms with Gasteiger partial charge >= 0.3 is 0 Å². The summed E-state index contributed by atoms with van der Waals surface area (Å²) < 4.78 is 5.50. The fourth-order valence-corrected chi connectivity index (χ4v) is 3.72. The molecule has 1 aromatic heterocycles. The predicted molar refractivity (Wildman–Crippen MR) is 99.2 cm³/mol. The molecule has 2 fully saturated rings. The Balaban J connectivity index is 1.64. The molecular weight excluding hydrogens is 314 g/mol. The van der Waals surface area contributed by atoms with Crippen LogP contribution in [0.5, 0.6) is 5.75 Å². The van der Waals surface area contributed by atoms with E-state index in [0.717, 1.165) is 67.8 Å². The first-order chi connectivity index (χ1) is 12.2. The number of ether oxygens (including phenoxy) is 1. The van der Waals surface area contributed by atoms with Gasteiger partial charge in [0.05, 0.1) is 7.11 Å². The molecule has 4 rings (SSSR count). The summed E-state index contributed by atoms with van der Waals surface area (Å²) in [6, 6.07) is 8.23. The van der Waals surface area contributed by atoms with Crippen LogP contribution in [0.3, 0.4) is 0 Å². The van der Waals surface area contributed by atoms with Crippen LogP contribution in [-0.4, -0.2) is 49.1 Å². The van der Waals surface area contributed by atoms with Gasteiger partial charge in [-0.1, -0.05) is 12.1 Å². The summed E-state index contributed by atoms with van der Waals surface area (Å²) in [7, 11) is 1.69. The summed E-state index contributed by atoms with van der Waals surface area (Å²) in [5.41, 5.74) is 3.10. The first kappa shape index (κ1) is 16.2. The number of benzene rings is 1. The van der Waals surface area contributed by atoms with E-state index in [4.69, 9.17) is 4.74 Å². The minimum Gasteiger partial charge on any atom is -0.494 e. The third-order valence-corrected chi connectivity index (χ3v) is 5.20. The van der Waals surface area contributed by atoms with Crippen molar-refractivity contribution in [3.63, 3.8) is 0 Å². The van der Waals surface area contributed by atoms with Crippen LogP contribution in [-0.2, 0) is 4.79 Å². The van der Waals surface area contributed by atoms with E-state index < -0.39 is 0 Å². The zero-order valence-electron chi connectivity index (χ0n) is 15.0. The Labute approximate surface area is 148 Å². The Morgan fingerprint density at radius 3 is 2.80 bits per heavy atom. The standard InChI is InChI=1S/C20H25N3O2/c1-14-13-17(16-5-3-6-18(25-2)19(16)21-14)22-9-4-10-23(12-11-22)20(24)15-7-8-15/h3,5-6,13,15H,4,7-12H2,1-2H3. The maximum absolute atomic E-state index is 12.4. The van der Waals surface area contributed by atoms with Crippen molar-refractivity contribution in [2.75, 3.05) is 38.2 Å². The number of fused-ring (bicyclic) bond motifs is 1. The van der Waals surface area contributed by atoms with Crippen molar-refractivity contribution in [2.45, 2.75) is 26.2 Å². The van der Waals surface area contributed by atoms with E-state index >= 15 is 0 Å². The number of carbonyl (C=O) groups excluding carboxylic acids is 1. The highest BCUT2D eigenvalue weighted by atomic mass is 16.5. The van der Waals surface area contributed by atoms with Gasteiger partial charge in [0.1, 0.15) is 11.3 Å². The van der Waals surface area contributed by atoms with Crippen molar-refractivity contribution in [3.8, 4) is 5.75 Å². The number of hydrogen-bond donors (Lipinski definition) is 0. The molecule has 0 bridgehead atoms. The van der Waals surface area contributed by atoms with Gasteiger partial charge in [-0.3, -0.25) is 4.79 Å². The van der Waals surface area contributed by atoms with Crippen molar-refractivity contribution in [1.82, 2.24) is 9.88 Å². The van der Waals surface area contributed by atoms with Crippen LogP contribution in [0.25, 0.3) is 10.9 Å². The molecule has 0 unspecified atom stereocenters. The van der Waals surface area contributed by atoms with Crippen molar-refractivity contribution < 1.29 is 9.53 Å². The second-order valence-corrected chi connectivity index (χ2v) is 7.08. The summed E-state index contributed by atoms with van der Waals surface area (Å²) in [4.78, 5) is 21.5. The molecule has 2 aliphatic rings. The highest BCUT2D eigenvalue weighted by Crippen LogP contribution is 2.34. The molecule has 1 amide bonds. The van der Waals surface area contributed by atoms with Crippen molar-refractivity contribution in [2.24, 2.45) is 5.92 Å². The Hall–Kier alpha value is -2.30. The van der Waals surface area contributed by atoms with Crippen LogP contribution >= 0.6 is 0 Å². The lowest BCUT2D eigenvalue weighted by Gasteiger charge is -2.25. The first-order valence-electron chi connectivity index (χ1n) is 9.15. The molecule has 0 radical (unpaired) electrons. The van der Waals surface area contributed by atoms with E-state index in [0.29, 0.717) is 11.8 Å². The second-order valence-electron chi connectivity index (χ2n) is 7.08. The van der Waals surface area contributed by atoms with Crippen LogP contribution in [0.1, 0.15) is 25.0 Å². The maximum atomic E-state index is 12.4. The number of carbonyl (C=O) groups is 1. The quantitative estimate of drug-likeness (QED) is 0.862. The summed E-state index contributed by atoms with van der Waals surface area (Å²) in [6.45, 7) is 5.54. The number of pyridine rings is 1. The number of amides is 1. The zero-order chi connectivity index (χ0) is 17.4. The summed E-state index contributed by atoms with van der Waals surface area (Å²) >= 11 is 0. The van der Waals surface area contributed by atoms with Gasteiger partial charge < -0.3 is 14.5 Å². The van der Waals surface area contributed by atoms with Crippen molar-refractivity contribution >= 4 is 22.5 Å². The van der Waals surface area contributed by atoms with Crippen LogP contribution < -0.4 is 9.64 Å². The highest BCUT2D eigenvalue weighted by Gasteiger charge is 2.34. The van der Waals surface area contributed by atoms with Gasteiger partial charge in [-0.2, -0.15) is 0 Å². The molecule has 0 spiro atoms. The lowest BCUT2D eigenvalue weighted by Crippen LogP contribution is -2.36. The van der Waals surface area contributed by atoms with Gasteiger partial charge in [0.25, 0.3) is 0 Å². The van der Waals surface area contributed by atoms with Gasteiger partial charge in [-0.25, -0.2) is 4.98 Å². The molecule has 0 N–H and O–H groups in total. The molecule has 1 aliphatic carbocycles. The Bertz CT molecular complexity index is 801. The van der Waals surface area contributed by atoms with Crippen LogP contribution in [0.4, 0.5) is 5.69 Å². The first-order valence-corrected chi connectivity index (χ1v) is 9.15. The predicted octanol–water partition coefficient (Wildman–Crippen LogP) is 3.00. The SMILES string of the molecule is COc1cccc2c(N3CCCN(C(=O)C4CC4)CC3)cc(C)nc12. The number of aromatic nitrogens is 1. The third kappa shape index (κ3) is 3.15. The Kier molecular flexibility index (Phi) is 4.24. The number of aryl methyl sites for hydroxylation is 1. The average Bonchev–Trinajstić information content (AvgIpc) is 3.46. The van der Waals surface area contributed by atoms with Crippen LogP contribution in [0.2, 0.25) is 0 Å². The molecular formula is C20H25N3O2. The third-order valence-electron chi connectivity index (χ3n) is 5.20. The van der Waals surface area contributed by atoms with Gasteiger partial charge in [-0.15, -0.1) is 0 Å². The number of hydrogen-bond acceptors (Lipinski definition) is 4. The number of methoxy groups -OCH3 is 1. The van der Waals surface area contributed by atoms with Crippen LogP contribution in [0, 0.1) is 12.8 Å². The molecule has 1 aliphatic heterocycles. The molecule has 0 atom stereocenters. The largest absolute Gasteiger partial charge is 0.494 e. The molecule has 2 aromatic rings. The van der Waals surface area contributed by atoms with E-state index in [1.807, 2.05) is 19.1 Å². The van der Waals surface area contributed by atoms with Crippen LogP contribution in [0.15, 0.2) is 24.3 Å². The van der Waals surface area contributed by atoms with Gasteiger partial charge in [0.15, 0.2) is 0 Å². The highest BCUT2D eigenvalue weighted by molar-refractivity contribution is 5.95. The van der Waals surface area contributed by atoms with Crippen molar-refractivity contribution in [3.05, 3.63) is 30.0 Å². The van der Waals surface area contributed by atoms with Gasteiger partial charge in [-0.05, 0) is 38.3 Å². The number of rotatable bonds is 3. The molecule has 1 saturated heterocycles. The van der Waals surface area contributed by atoms with E-state index in [9.17, 15) is 4.79 Å². The molecule has 5 heteroatoms. The van der Waals surface area contributed by atoms with Gasteiger partial charge in [0, 0.05) is 48.9 Å². The monoisotopic (exact) mass is 339 g/mol. The lowest BCUT2D eigenvalue weighted by atomic mass is 10.1. The van der Waals surface area contributed by atoms with Crippen molar-refractivity contribution in [1.29, 1.82) is 0 Å². The minimum absolute atomic E-state index is 0.305. The van der Waals surface area contributed by atoms with E-state index in [2.05, 4.69) is 26.9 Å². The Morgan fingerprint density at radius 2 is 2.04 bits per heavy atom. The topological polar surface area (TPSA) is 45.7 Å². The zero-order valence-corrected chi connectivity index (χ0v) is 15.0. The number of para-hydroxylation sites is 1. The molecule has 132 valence electrons. The van der Waals surface area contributed by atoms with E-state index in [1.54, 1.807) is 7.11 Å². The lowest BCUT2D eigenvalue weighted by molar-refractivity contribution is -0.132. The summed E-state index contributed by atoms with van der Waals surface area (Å²) in [6.07, 6.45) is 3.16. The smallest absolute Gasteiger partial charge is 0.225 e. The summed E-state index contributed by atoms with van der Waals surface area (Å²) in [5.74, 6) is 1.47. The number of nitrogens with zero attached hydrogens (tertiary/aromatic N) is 3. The van der Waals surface area contributed by atoms with Gasteiger partial charge in [0.2, 0.25) is 5.91 Å². The molecule has 1 aromatic carbocycles. The number of anilines is 1. The fraction of sp³-hybridized carbons (Fsp3) is 0.500. The Morgan fingerprint density at radius 1 is 1.20 bits per heavy atom. The molecule has 25 heavy (non-hydrogen) atoms. The average molecular weight is 339 g/mol. The maximum Gasteiger partial charge on any atom is 0.225 e. The summed E-state index contributed by atoms with van der Waals surface area (Å²) in [5, 5.41) is 1.12. The second kappa shape index (κ2) is 6.54. The van der Waals surface area contributed by atoms with E-state index in [-0.39, 0.29) is 0 Å². The fourth-order valence-electron chi connectivity index (χ4n) is 3.72. The molecule has 1 saturated carbocycles. The van der Waals surface area contributed by atoms with E-state index in [1.165, 1.54) is 5.69 Å². The minimum atomic E-state index is 0.305. The molecule has 5 nitrogen and oxygen atoms in total. The molecule has 2 heterocycles. The normalized spacial score (nSPS) is 18.3.